The van der Waals surface area contributed by atoms with Crippen LogP contribution in [-0.2, 0) is 15.0 Å². The Balaban J connectivity index is 1.59. The predicted molar refractivity (Wildman–Crippen MR) is 135 cm³/mol. The Labute approximate surface area is 209 Å². The van der Waals surface area contributed by atoms with Gasteiger partial charge in [0.2, 0.25) is 11.8 Å². The molecule has 3 unspecified atom stereocenters. The molecule has 7 nitrogen and oxygen atoms in total. The molecule has 1 saturated heterocycles. The van der Waals surface area contributed by atoms with Crippen LogP contribution in [0.3, 0.4) is 0 Å². The summed E-state index contributed by atoms with van der Waals surface area (Å²) in [5, 5.41) is 11.2. The first-order chi connectivity index (χ1) is 16.1. The Kier molecular flexibility index (Phi) is 5.50. The number of carbonyl (C=O) groups excluding carboxylic acids is 2. The number of aromatic amines is 1. The van der Waals surface area contributed by atoms with Gasteiger partial charge in [-0.05, 0) is 40.9 Å². The molecule has 0 aliphatic carbocycles. The number of H-pyrrole nitrogens is 1. The third kappa shape index (κ3) is 3.70. The molecule has 2 aliphatic rings. The van der Waals surface area contributed by atoms with Crippen LogP contribution in [-0.4, -0.2) is 27.0 Å². The SMILES string of the molecule is CC(C)(C)c1ccc(C2c3sc(=S)[nH]c3SC3C(=O)N(c4ccc([N+](=O)[O-])cc4)C(=O)C32)cc1. The van der Waals surface area contributed by atoms with E-state index < -0.39 is 16.1 Å². The van der Waals surface area contributed by atoms with E-state index in [0.717, 1.165) is 15.5 Å². The number of rotatable bonds is 3. The number of hydrogen-bond donors (Lipinski definition) is 1. The smallest absolute Gasteiger partial charge is 0.269 e. The van der Waals surface area contributed by atoms with Crippen LogP contribution in [0.15, 0.2) is 53.6 Å². The van der Waals surface area contributed by atoms with Gasteiger partial charge in [0.1, 0.15) is 5.25 Å². The van der Waals surface area contributed by atoms with E-state index in [0.29, 0.717) is 9.64 Å². The molecule has 2 amide bonds. The molecule has 1 N–H and O–H groups in total. The Bertz CT molecular complexity index is 1370. The molecule has 0 spiro atoms. The molecule has 10 heteroatoms. The summed E-state index contributed by atoms with van der Waals surface area (Å²) in [4.78, 5) is 43.0. The van der Waals surface area contributed by atoms with Crippen molar-refractivity contribution in [3.8, 4) is 0 Å². The van der Waals surface area contributed by atoms with Crippen molar-refractivity contribution in [2.45, 2.75) is 42.4 Å². The first-order valence-electron chi connectivity index (χ1n) is 10.7. The number of nitro groups is 1. The van der Waals surface area contributed by atoms with Crippen LogP contribution < -0.4 is 4.90 Å². The van der Waals surface area contributed by atoms with Crippen LogP contribution in [0, 0.1) is 20.0 Å². The summed E-state index contributed by atoms with van der Waals surface area (Å²) in [6.45, 7) is 6.44. The first kappa shape index (κ1) is 22.9. The number of fused-ring (bicyclic) bond motifs is 2. The summed E-state index contributed by atoms with van der Waals surface area (Å²) in [7, 11) is 0. The molecule has 3 heterocycles. The number of aromatic nitrogens is 1. The molecule has 1 fully saturated rings. The minimum Gasteiger partial charge on any atom is -0.332 e. The lowest BCUT2D eigenvalue weighted by Gasteiger charge is -2.30. The molecule has 0 saturated carbocycles. The van der Waals surface area contributed by atoms with Crippen LogP contribution in [0.2, 0.25) is 0 Å². The lowest BCUT2D eigenvalue weighted by molar-refractivity contribution is -0.384. The molecule has 3 atom stereocenters. The maximum atomic E-state index is 13.7. The summed E-state index contributed by atoms with van der Waals surface area (Å²) < 4.78 is 0.612. The number of nitro benzene ring substituents is 1. The number of hydrogen-bond acceptors (Lipinski definition) is 7. The van der Waals surface area contributed by atoms with Crippen molar-refractivity contribution in [3.63, 3.8) is 0 Å². The van der Waals surface area contributed by atoms with Crippen molar-refractivity contribution in [1.29, 1.82) is 0 Å². The zero-order valence-electron chi connectivity index (χ0n) is 18.6. The number of benzene rings is 2. The largest absolute Gasteiger partial charge is 0.332 e. The van der Waals surface area contributed by atoms with Crippen molar-refractivity contribution >= 4 is 58.5 Å². The van der Waals surface area contributed by atoms with E-state index in [1.165, 1.54) is 57.8 Å². The number of amides is 2. The molecule has 2 aromatic carbocycles. The second kappa shape index (κ2) is 8.14. The number of anilines is 1. The molecule has 5 rings (SSSR count). The van der Waals surface area contributed by atoms with Gasteiger partial charge >= 0.3 is 0 Å². The van der Waals surface area contributed by atoms with E-state index in [-0.39, 0.29) is 28.8 Å². The van der Waals surface area contributed by atoms with Crippen LogP contribution in [0.25, 0.3) is 0 Å². The molecular weight excluding hydrogens is 490 g/mol. The van der Waals surface area contributed by atoms with Gasteiger partial charge in [-0.2, -0.15) is 0 Å². The lowest BCUT2D eigenvalue weighted by Crippen LogP contribution is -2.32. The number of imide groups is 1. The van der Waals surface area contributed by atoms with Crippen molar-refractivity contribution in [3.05, 3.63) is 78.6 Å². The molecule has 174 valence electrons. The third-order valence-electron chi connectivity index (χ3n) is 6.28. The second-order valence-corrected chi connectivity index (χ2v) is 12.3. The van der Waals surface area contributed by atoms with E-state index in [9.17, 15) is 19.7 Å². The monoisotopic (exact) mass is 511 g/mol. The van der Waals surface area contributed by atoms with Gasteiger partial charge in [-0.25, -0.2) is 4.90 Å². The summed E-state index contributed by atoms with van der Waals surface area (Å²) in [5.74, 6) is -1.53. The molecule has 1 aromatic heterocycles. The van der Waals surface area contributed by atoms with Crippen molar-refractivity contribution in [1.82, 2.24) is 4.98 Å². The fourth-order valence-corrected chi connectivity index (χ4v) is 7.51. The van der Waals surface area contributed by atoms with Gasteiger partial charge in [0, 0.05) is 22.9 Å². The van der Waals surface area contributed by atoms with E-state index in [1.807, 2.05) is 12.1 Å². The van der Waals surface area contributed by atoms with Gasteiger partial charge < -0.3 is 4.98 Å². The van der Waals surface area contributed by atoms with E-state index in [4.69, 9.17) is 12.2 Å². The van der Waals surface area contributed by atoms with Gasteiger partial charge in [-0.15, -0.1) is 11.3 Å². The van der Waals surface area contributed by atoms with Crippen LogP contribution in [0.5, 0.6) is 0 Å². The summed E-state index contributed by atoms with van der Waals surface area (Å²) in [6.07, 6.45) is 0. The van der Waals surface area contributed by atoms with E-state index in [2.05, 4.69) is 37.9 Å². The number of nitrogens with zero attached hydrogens (tertiary/aromatic N) is 2. The second-order valence-electron chi connectivity index (χ2n) is 9.41. The Morgan fingerprint density at radius 2 is 1.68 bits per heavy atom. The molecule has 0 bridgehead atoms. The zero-order chi connectivity index (χ0) is 24.4. The molecule has 34 heavy (non-hydrogen) atoms. The van der Waals surface area contributed by atoms with Gasteiger partial charge in [0.15, 0.2) is 3.95 Å². The first-order valence-corrected chi connectivity index (χ1v) is 12.8. The summed E-state index contributed by atoms with van der Waals surface area (Å²) in [5.41, 5.74) is 2.38. The Morgan fingerprint density at radius 3 is 2.26 bits per heavy atom. The maximum Gasteiger partial charge on any atom is 0.269 e. The third-order valence-corrected chi connectivity index (χ3v) is 9.03. The van der Waals surface area contributed by atoms with Crippen LogP contribution in [0.1, 0.15) is 42.7 Å². The average Bonchev–Trinajstić information content (AvgIpc) is 3.28. The topological polar surface area (TPSA) is 96.3 Å². The Hall–Kier alpha value is -2.82. The highest BCUT2D eigenvalue weighted by atomic mass is 32.2. The highest BCUT2D eigenvalue weighted by molar-refractivity contribution is 8.01. The van der Waals surface area contributed by atoms with Crippen molar-refractivity contribution in [2.75, 3.05) is 4.90 Å². The van der Waals surface area contributed by atoms with Crippen molar-refractivity contribution in [2.24, 2.45) is 5.92 Å². The zero-order valence-corrected chi connectivity index (χ0v) is 21.1. The predicted octanol–water partition coefficient (Wildman–Crippen LogP) is 5.81. The summed E-state index contributed by atoms with van der Waals surface area (Å²) in [6, 6.07) is 13.7. The quantitative estimate of drug-likeness (QED) is 0.206. The normalized spacial score (nSPS) is 22.0. The van der Waals surface area contributed by atoms with Gasteiger partial charge in [-0.3, -0.25) is 19.7 Å². The molecular formula is C24H21N3O4S3. The van der Waals surface area contributed by atoms with Gasteiger partial charge in [0.05, 0.1) is 21.6 Å². The van der Waals surface area contributed by atoms with Crippen LogP contribution in [0.4, 0.5) is 11.4 Å². The lowest BCUT2D eigenvalue weighted by atomic mass is 9.81. The Morgan fingerprint density at radius 1 is 1.03 bits per heavy atom. The van der Waals surface area contributed by atoms with Crippen LogP contribution >= 0.6 is 35.3 Å². The van der Waals surface area contributed by atoms with E-state index >= 15 is 0 Å². The molecule has 2 aliphatic heterocycles. The standard InChI is InChI=1S/C24H21N3O4S3/c1-24(2,3)13-6-4-12(5-7-13)16-17-19(33-20-18(16)34-23(32)25-20)22(29)26(21(17)28)14-8-10-15(11-9-14)27(30)31/h4-11,16-17,19H,1-3H3,(H,25,32). The van der Waals surface area contributed by atoms with Gasteiger partial charge in [0.25, 0.3) is 5.69 Å². The minimum absolute atomic E-state index is 0.00892. The number of thiazole rings is 1. The fourth-order valence-electron chi connectivity index (χ4n) is 4.54. The maximum absolute atomic E-state index is 13.7. The van der Waals surface area contributed by atoms with Gasteiger partial charge in [-0.1, -0.05) is 56.8 Å². The molecule has 3 aromatic rings. The number of non-ortho nitro benzene ring substituents is 1. The highest BCUT2D eigenvalue weighted by Crippen LogP contribution is 2.54. The van der Waals surface area contributed by atoms with E-state index in [1.54, 1.807) is 0 Å². The fraction of sp³-hybridized carbons (Fsp3) is 0.292. The van der Waals surface area contributed by atoms with Crippen molar-refractivity contribution < 1.29 is 14.5 Å². The number of nitrogens with one attached hydrogen (secondary N) is 1. The minimum atomic E-state index is -0.609. The number of thioether (sulfide) groups is 1. The summed E-state index contributed by atoms with van der Waals surface area (Å²) >= 11 is 8.17. The highest BCUT2D eigenvalue weighted by Gasteiger charge is 2.56. The number of carbonyl (C=O) groups is 2. The average molecular weight is 512 g/mol. The molecule has 0 radical (unpaired) electrons.